The van der Waals surface area contributed by atoms with Gasteiger partial charge in [0.15, 0.2) is 11.9 Å². The predicted molar refractivity (Wildman–Crippen MR) is 68.3 cm³/mol. The third-order valence-electron chi connectivity index (χ3n) is 3.04. The minimum Gasteiger partial charge on any atom is -0.382 e. The van der Waals surface area contributed by atoms with Crippen LogP contribution in [0.15, 0.2) is 30.3 Å². The first-order valence-corrected chi connectivity index (χ1v) is 6.50. The molecule has 5 nitrogen and oxygen atoms in total. The van der Waals surface area contributed by atoms with Crippen LogP contribution in [0.4, 0.5) is 13.2 Å². The molecule has 1 N–H and O–H groups in total. The number of nitrogens with zero attached hydrogens (tertiary/aromatic N) is 4. The summed E-state index contributed by atoms with van der Waals surface area (Å²) < 4.78 is 37.9. The van der Waals surface area contributed by atoms with Crippen LogP contribution in [-0.4, -0.2) is 37.6 Å². The van der Waals surface area contributed by atoms with Crippen LogP contribution in [0, 0.1) is 0 Å². The van der Waals surface area contributed by atoms with E-state index in [2.05, 4.69) is 15.5 Å². The van der Waals surface area contributed by atoms with Gasteiger partial charge in [-0.25, -0.2) is 4.68 Å². The summed E-state index contributed by atoms with van der Waals surface area (Å²) in [6.07, 6.45) is -5.18. The Kier molecular flexibility index (Phi) is 4.89. The molecule has 114 valence electrons. The van der Waals surface area contributed by atoms with E-state index in [0.29, 0.717) is 18.7 Å². The minimum absolute atomic E-state index is 0.342. The second-order valence-electron chi connectivity index (χ2n) is 4.67. The lowest BCUT2D eigenvalue weighted by Gasteiger charge is -2.14. The van der Waals surface area contributed by atoms with Crippen molar-refractivity contribution in [2.24, 2.45) is 0 Å². The van der Waals surface area contributed by atoms with Gasteiger partial charge in [-0.1, -0.05) is 30.3 Å². The number of aliphatic hydroxyl groups excluding tert-OH is 1. The molecule has 0 aliphatic carbocycles. The molecule has 0 spiro atoms. The average Bonchev–Trinajstić information content (AvgIpc) is 2.86. The van der Waals surface area contributed by atoms with E-state index in [1.165, 1.54) is 0 Å². The summed E-state index contributed by atoms with van der Waals surface area (Å²) >= 11 is 0. The van der Waals surface area contributed by atoms with Gasteiger partial charge in [0.2, 0.25) is 0 Å². The van der Waals surface area contributed by atoms with E-state index >= 15 is 0 Å². The number of aliphatic hydroxyl groups is 1. The minimum atomic E-state index is -4.67. The smallest absolute Gasteiger partial charge is 0.382 e. The first-order valence-electron chi connectivity index (χ1n) is 6.50. The molecule has 21 heavy (non-hydrogen) atoms. The van der Waals surface area contributed by atoms with Crippen LogP contribution in [0.5, 0.6) is 0 Å². The van der Waals surface area contributed by atoms with Crippen LogP contribution in [0.2, 0.25) is 0 Å². The number of halogens is 3. The van der Waals surface area contributed by atoms with E-state index in [1.54, 1.807) is 0 Å². The molecule has 1 aromatic heterocycles. The maximum Gasteiger partial charge on any atom is 0.416 e. The molecule has 1 atom stereocenters. The molecule has 2 rings (SSSR count). The van der Waals surface area contributed by atoms with Gasteiger partial charge in [0.05, 0.1) is 6.54 Å². The molecule has 8 heteroatoms. The Bertz CT molecular complexity index is 556. The normalized spacial score (nSPS) is 13.3. The van der Waals surface area contributed by atoms with Gasteiger partial charge in [0, 0.05) is 6.42 Å². The molecule has 0 unspecified atom stereocenters. The summed E-state index contributed by atoms with van der Waals surface area (Å²) in [4.78, 5) is 0. The highest BCUT2D eigenvalue weighted by Gasteiger charge is 2.39. The molecule has 0 amide bonds. The number of aryl methyl sites for hydroxylation is 2. The van der Waals surface area contributed by atoms with Crippen molar-refractivity contribution in [2.75, 3.05) is 0 Å². The van der Waals surface area contributed by atoms with Crippen LogP contribution >= 0.6 is 0 Å². The molecule has 1 heterocycles. The summed E-state index contributed by atoms with van der Waals surface area (Å²) in [5.74, 6) is 0.342. The van der Waals surface area contributed by atoms with Crippen molar-refractivity contribution in [3.63, 3.8) is 0 Å². The summed E-state index contributed by atoms with van der Waals surface area (Å²) in [5.41, 5.74) is 1.15. The van der Waals surface area contributed by atoms with Gasteiger partial charge in [-0.3, -0.25) is 0 Å². The second-order valence-corrected chi connectivity index (χ2v) is 4.67. The van der Waals surface area contributed by atoms with E-state index in [1.807, 2.05) is 30.3 Å². The summed E-state index contributed by atoms with van der Waals surface area (Å²) in [5, 5.41) is 19.6. The lowest BCUT2D eigenvalue weighted by atomic mass is 10.1. The highest BCUT2D eigenvalue weighted by Crippen LogP contribution is 2.21. The van der Waals surface area contributed by atoms with Gasteiger partial charge >= 0.3 is 6.18 Å². The average molecular weight is 300 g/mol. The predicted octanol–water partition coefficient (Wildman–Crippen LogP) is 1.77. The van der Waals surface area contributed by atoms with Crippen LogP contribution < -0.4 is 0 Å². The summed E-state index contributed by atoms with van der Waals surface area (Å²) in [7, 11) is 0. The van der Waals surface area contributed by atoms with Gasteiger partial charge in [-0.05, 0) is 28.8 Å². The topological polar surface area (TPSA) is 63.8 Å². The van der Waals surface area contributed by atoms with Crippen molar-refractivity contribution in [1.29, 1.82) is 0 Å². The number of rotatable bonds is 6. The van der Waals surface area contributed by atoms with Gasteiger partial charge in [-0.2, -0.15) is 13.2 Å². The molecular weight excluding hydrogens is 285 g/mol. The van der Waals surface area contributed by atoms with Crippen LogP contribution in [-0.2, 0) is 19.4 Å². The first kappa shape index (κ1) is 15.4. The molecule has 0 bridgehead atoms. The zero-order valence-corrected chi connectivity index (χ0v) is 11.2. The molecule has 0 radical (unpaired) electrons. The van der Waals surface area contributed by atoms with Crippen molar-refractivity contribution in [3.8, 4) is 0 Å². The maximum atomic E-state index is 12.3. The molecule has 2 aromatic rings. The Labute approximate surface area is 119 Å². The number of hydrogen-bond donors (Lipinski definition) is 1. The van der Waals surface area contributed by atoms with E-state index < -0.39 is 18.8 Å². The molecule has 0 aliphatic heterocycles. The largest absolute Gasteiger partial charge is 0.416 e. The van der Waals surface area contributed by atoms with Crippen molar-refractivity contribution >= 4 is 0 Å². The van der Waals surface area contributed by atoms with Crippen molar-refractivity contribution in [1.82, 2.24) is 20.2 Å². The van der Waals surface area contributed by atoms with Crippen LogP contribution in [0.1, 0.15) is 17.8 Å². The van der Waals surface area contributed by atoms with E-state index in [0.717, 1.165) is 16.7 Å². The maximum absolute atomic E-state index is 12.3. The summed E-state index contributed by atoms with van der Waals surface area (Å²) in [6.45, 7) is -0.683. The van der Waals surface area contributed by atoms with Crippen LogP contribution in [0.3, 0.4) is 0 Å². The Balaban J connectivity index is 1.89. The van der Waals surface area contributed by atoms with Crippen molar-refractivity contribution < 1.29 is 18.3 Å². The zero-order valence-electron chi connectivity index (χ0n) is 11.2. The molecule has 0 fully saturated rings. The third kappa shape index (κ3) is 4.52. The number of alkyl halides is 3. The van der Waals surface area contributed by atoms with E-state index in [9.17, 15) is 13.2 Å². The molecule has 0 saturated carbocycles. The fourth-order valence-electron chi connectivity index (χ4n) is 1.91. The lowest BCUT2D eigenvalue weighted by Crippen LogP contribution is -2.33. The second kappa shape index (κ2) is 6.66. The van der Waals surface area contributed by atoms with Crippen molar-refractivity contribution in [2.45, 2.75) is 38.1 Å². The van der Waals surface area contributed by atoms with E-state index in [-0.39, 0.29) is 0 Å². The highest BCUT2D eigenvalue weighted by molar-refractivity contribution is 5.14. The standard InChI is InChI=1S/C13H15F3N4O/c14-13(15,16)11(21)9-20-12(17-18-19-20)8-4-7-10-5-2-1-3-6-10/h1-3,5-6,11,21H,4,7-9H2/t11-/m1/s1. The monoisotopic (exact) mass is 300 g/mol. The van der Waals surface area contributed by atoms with E-state index in [4.69, 9.17) is 5.11 Å². The Morgan fingerprint density at radius 2 is 1.86 bits per heavy atom. The molecule has 1 aromatic carbocycles. The van der Waals surface area contributed by atoms with Gasteiger partial charge in [0.1, 0.15) is 0 Å². The number of tetrazole rings is 1. The Morgan fingerprint density at radius 3 is 2.52 bits per heavy atom. The Hall–Kier alpha value is -1.96. The summed E-state index contributed by atoms with van der Waals surface area (Å²) in [6, 6.07) is 9.74. The number of hydrogen-bond acceptors (Lipinski definition) is 4. The fraction of sp³-hybridized carbons (Fsp3) is 0.462. The lowest BCUT2D eigenvalue weighted by molar-refractivity contribution is -0.208. The Morgan fingerprint density at radius 1 is 1.14 bits per heavy atom. The van der Waals surface area contributed by atoms with Gasteiger partial charge in [-0.15, -0.1) is 5.10 Å². The zero-order chi connectivity index (χ0) is 15.3. The van der Waals surface area contributed by atoms with Gasteiger partial charge < -0.3 is 5.11 Å². The van der Waals surface area contributed by atoms with Gasteiger partial charge in [0.25, 0.3) is 0 Å². The first-order chi connectivity index (χ1) is 9.97. The number of aromatic nitrogens is 4. The van der Waals surface area contributed by atoms with Crippen LogP contribution in [0.25, 0.3) is 0 Å². The molecule has 0 saturated heterocycles. The SMILES string of the molecule is O[C@H](Cn1nnnc1CCCc1ccccc1)C(F)(F)F. The fourth-order valence-corrected chi connectivity index (χ4v) is 1.91. The third-order valence-corrected chi connectivity index (χ3v) is 3.04. The molecule has 0 aliphatic rings. The molecular formula is C13H15F3N4O. The number of benzene rings is 1. The van der Waals surface area contributed by atoms with Crippen molar-refractivity contribution in [3.05, 3.63) is 41.7 Å². The highest BCUT2D eigenvalue weighted by atomic mass is 19.4. The quantitative estimate of drug-likeness (QED) is 0.883.